The molecule has 0 saturated carbocycles. The third-order valence-corrected chi connectivity index (χ3v) is 5.89. The van der Waals surface area contributed by atoms with Gasteiger partial charge in [0.05, 0.1) is 19.0 Å². The summed E-state index contributed by atoms with van der Waals surface area (Å²) < 4.78 is 10.6. The lowest BCUT2D eigenvalue weighted by molar-refractivity contribution is 0.192. The van der Waals surface area contributed by atoms with Gasteiger partial charge in [-0.05, 0) is 13.8 Å². The molecule has 0 heterocycles. The quantitative estimate of drug-likeness (QED) is 0.395. The molecule has 0 fully saturated rings. The Morgan fingerprint density at radius 1 is 0.833 bits per heavy atom. The molecule has 0 N–H and O–H groups in total. The molecular formula is C8H22O2Si2. The van der Waals surface area contributed by atoms with Crippen molar-refractivity contribution < 1.29 is 9.47 Å². The van der Waals surface area contributed by atoms with Crippen LogP contribution in [0.1, 0.15) is 13.8 Å². The van der Waals surface area contributed by atoms with E-state index in [-0.39, 0.29) is 19.0 Å². The summed E-state index contributed by atoms with van der Waals surface area (Å²) in [6.45, 7) is 5.92. The largest absolute Gasteiger partial charge is 0.386 e. The molecule has 12 heavy (non-hydrogen) atoms. The van der Waals surface area contributed by atoms with E-state index in [9.17, 15) is 0 Å². The predicted molar refractivity (Wildman–Crippen MR) is 59.7 cm³/mol. The molecule has 74 valence electrons. The van der Waals surface area contributed by atoms with E-state index in [1.54, 1.807) is 0 Å². The van der Waals surface area contributed by atoms with E-state index in [2.05, 4.69) is 13.8 Å². The minimum atomic E-state index is 0.123. The van der Waals surface area contributed by atoms with Crippen LogP contribution in [0.25, 0.3) is 0 Å². The number of hydrogen-bond donors (Lipinski definition) is 0. The van der Waals surface area contributed by atoms with Gasteiger partial charge in [0.2, 0.25) is 0 Å². The smallest absolute Gasteiger partial charge is 0.0513 e. The molecule has 0 atom stereocenters. The lowest BCUT2D eigenvalue weighted by atomic mass is 10.9. The van der Waals surface area contributed by atoms with E-state index >= 15 is 0 Å². The molecule has 0 aliphatic heterocycles. The third-order valence-electron chi connectivity index (χ3n) is 1.74. The third kappa shape index (κ3) is 10.4. The van der Waals surface area contributed by atoms with E-state index in [0.717, 1.165) is 25.7 Å². The van der Waals surface area contributed by atoms with E-state index in [4.69, 9.17) is 9.47 Å². The summed E-state index contributed by atoms with van der Waals surface area (Å²) in [7, 11) is 0.246. The summed E-state index contributed by atoms with van der Waals surface area (Å²) in [5, 5.41) is 0. The predicted octanol–water partition coefficient (Wildman–Crippen LogP) is 0.149. The minimum Gasteiger partial charge on any atom is -0.386 e. The maximum Gasteiger partial charge on any atom is 0.0513 e. The van der Waals surface area contributed by atoms with Crippen LogP contribution in [0, 0.1) is 0 Å². The molecule has 0 aromatic carbocycles. The normalized spacial score (nSPS) is 12.5. The molecule has 2 nitrogen and oxygen atoms in total. The van der Waals surface area contributed by atoms with Crippen LogP contribution in [-0.4, -0.2) is 44.7 Å². The average Bonchev–Trinajstić information content (AvgIpc) is 2.10. The molecule has 0 spiro atoms. The minimum absolute atomic E-state index is 0.123. The summed E-state index contributed by atoms with van der Waals surface area (Å²) in [4.78, 5) is 0. The zero-order valence-corrected chi connectivity index (χ0v) is 11.3. The zero-order chi connectivity index (χ0) is 9.07. The van der Waals surface area contributed by atoms with Gasteiger partial charge in [0.15, 0.2) is 0 Å². The maximum absolute atomic E-state index is 5.31. The molecule has 0 radical (unpaired) electrons. The average molecular weight is 206 g/mol. The van der Waals surface area contributed by atoms with Crippen LogP contribution in [0.4, 0.5) is 0 Å². The number of rotatable bonds is 9. The van der Waals surface area contributed by atoms with Crippen LogP contribution < -0.4 is 0 Å². The Hall–Kier alpha value is 0.354. The fourth-order valence-corrected chi connectivity index (χ4v) is 5.27. The van der Waals surface area contributed by atoms with Crippen LogP contribution in [0.15, 0.2) is 0 Å². The highest BCUT2D eigenvalue weighted by atomic mass is 28.2. The second-order valence-electron chi connectivity index (χ2n) is 2.81. The van der Waals surface area contributed by atoms with Crippen molar-refractivity contribution in [3.05, 3.63) is 0 Å². The lowest BCUT2D eigenvalue weighted by Crippen LogP contribution is -2.07. The van der Waals surface area contributed by atoms with Gasteiger partial charge in [-0.2, -0.15) is 0 Å². The number of ether oxygens (including phenoxy) is 2. The number of hydrogen-bond acceptors (Lipinski definition) is 2. The van der Waals surface area contributed by atoms with Crippen LogP contribution in [-0.2, 0) is 9.47 Å². The molecular weight excluding hydrogens is 184 g/mol. The van der Waals surface area contributed by atoms with Crippen molar-refractivity contribution in [2.45, 2.75) is 25.9 Å². The highest BCUT2D eigenvalue weighted by Gasteiger charge is 1.91. The van der Waals surface area contributed by atoms with Crippen molar-refractivity contribution in [2.24, 2.45) is 0 Å². The van der Waals surface area contributed by atoms with Gasteiger partial charge in [-0.25, -0.2) is 0 Å². The molecule has 4 heteroatoms. The Bertz CT molecular complexity index is 71.5. The van der Waals surface area contributed by atoms with Crippen LogP contribution in [0.5, 0.6) is 0 Å². The van der Waals surface area contributed by atoms with Crippen molar-refractivity contribution in [3.8, 4) is 0 Å². The van der Waals surface area contributed by atoms with Crippen LogP contribution in [0.3, 0.4) is 0 Å². The van der Waals surface area contributed by atoms with Gasteiger partial charge in [0.25, 0.3) is 0 Å². The Morgan fingerprint density at radius 3 is 1.58 bits per heavy atom. The molecule has 0 amide bonds. The second-order valence-corrected chi connectivity index (χ2v) is 6.45. The molecule has 0 unspecified atom stereocenters. The first kappa shape index (κ1) is 12.4. The Morgan fingerprint density at radius 2 is 1.25 bits per heavy atom. The zero-order valence-electron chi connectivity index (χ0n) is 8.47. The summed E-state index contributed by atoms with van der Waals surface area (Å²) >= 11 is 0. The highest BCUT2D eigenvalue weighted by Crippen LogP contribution is 1.89. The Labute approximate surface area is 80.7 Å². The lowest BCUT2D eigenvalue weighted by Gasteiger charge is -2.00. The van der Waals surface area contributed by atoms with Crippen molar-refractivity contribution in [3.63, 3.8) is 0 Å². The first-order valence-electron chi connectivity index (χ1n) is 5.07. The van der Waals surface area contributed by atoms with E-state index < -0.39 is 0 Å². The van der Waals surface area contributed by atoms with Gasteiger partial charge in [0.1, 0.15) is 0 Å². The standard InChI is InChI=1S/C8H22O2Si2/c1-3-9-7-11-5-6-12-8-10-4-2/h3-8,11-12H2,1-2H3. The molecule has 0 aromatic rings. The first-order valence-corrected chi connectivity index (χ1v) is 9.07. The Kier molecular flexibility index (Phi) is 11.7. The van der Waals surface area contributed by atoms with Crippen molar-refractivity contribution in [2.75, 3.05) is 25.7 Å². The van der Waals surface area contributed by atoms with Gasteiger partial charge >= 0.3 is 0 Å². The topological polar surface area (TPSA) is 18.5 Å². The van der Waals surface area contributed by atoms with Crippen molar-refractivity contribution in [1.29, 1.82) is 0 Å². The van der Waals surface area contributed by atoms with Gasteiger partial charge in [-0.3, -0.25) is 0 Å². The molecule has 0 rings (SSSR count). The fourth-order valence-electron chi connectivity index (χ4n) is 1.05. The SMILES string of the molecule is CCOC[SiH2]CC[SiH2]COCC. The van der Waals surface area contributed by atoms with E-state index in [1.807, 2.05) is 0 Å². The van der Waals surface area contributed by atoms with E-state index in [0.29, 0.717) is 0 Å². The summed E-state index contributed by atoms with van der Waals surface area (Å²) in [6, 6.07) is 2.94. The van der Waals surface area contributed by atoms with Gasteiger partial charge in [-0.15, -0.1) is 0 Å². The first-order chi connectivity index (χ1) is 5.91. The summed E-state index contributed by atoms with van der Waals surface area (Å²) in [5.74, 6) is 0. The molecule has 0 aliphatic carbocycles. The molecule has 0 aliphatic rings. The van der Waals surface area contributed by atoms with Crippen LogP contribution >= 0.6 is 0 Å². The summed E-state index contributed by atoms with van der Waals surface area (Å²) in [6.07, 6.45) is 2.17. The molecule has 0 saturated heterocycles. The second kappa shape index (κ2) is 11.4. The van der Waals surface area contributed by atoms with Gasteiger partial charge in [-0.1, -0.05) is 12.1 Å². The van der Waals surface area contributed by atoms with Gasteiger partial charge < -0.3 is 9.47 Å². The van der Waals surface area contributed by atoms with Crippen molar-refractivity contribution >= 4 is 19.0 Å². The summed E-state index contributed by atoms with van der Waals surface area (Å²) in [5.41, 5.74) is 0. The fraction of sp³-hybridized carbons (Fsp3) is 1.00. The highest BCUT2D eigenvalue weighted by molar-refractivity contribution is 6.41. The maximum atomic E-state index is 5.31. The Balaban J connectivity index is 2.73. The van der Waals surface area contributed by atoms with Crippen molar-refractivity contribution in [1.82, 2.24) is 0 Å². The van der Waals surface area contributed by atoms with Crippen LogP contribution in [0.2, 0.25) is 12.1 Å². The van der Waals surface area contributed by atoms with Gasteiger partial charge in [0, 0.05) is 25.7 Å². The monoisotopic (exact) mass is 206 g/mol. The molecule has 0 aromatic heterocycles. The molecule has 0 bridgehead atoms. The van der Waals surface area contributed by atoms with E-state index in [1.165, 1.54) is 12.1 Å².